The summed E-state index contributed by atoms with van der Waals surface area (Å²) in [5, 5.41) is 0. The standard InChI is InChI=1S/C22H26F2O.H3N/c1-25-22(20(23)24)14-12-21(13-15-22,16-18-8-4-2-5-9-18)17-19-10-6-3-7-11-19;/h2-11,20H,12-17H2,1H3;1H3. The summed E-state index contributed by atoms with van der Waals surface area (Å²) in [7, 11) is 1.42. The van der Waals surface area contributed by atoms with E-state index in [1.807, 2.05) is 36.4 Å². The highest BCUT2D eigenvalue weighted by molar-refractivity contribution is 5.21. The molecule has 0 unspecified atom stereocenters. The molecule has 1 aliphatic carbocycles. The second-order valence-corrected chi connectivity index (χ2v) is 7.39. The number of ether oxygens (including phenoxy) is 1. The van der Waals surface area contributed by atoms with Gasteiger partial charge in [0, 0.05) is 7.11 Å². The fraction of sp³-hybridized carbons (Fsp3) is 0.455. The van der Waals surface area contributed by atoms with Crippen LogP contribution in [0.3, 0.4) is 0 Å². The number of hydrogen-bond donors (Lipinski definition) is 1. The van der Waals surface area contributed by atoms with Gasteiger partial charge in [-0.2, -0.15) is 0 Å². The molecule has 0 radical (unpaired) electrons. The van der Waals surface area contributed by atoms with E-state index in [9.17, 15) is 8.78 Å². The van der Waals surface area contributed by atoms with Crippen LogP contribution in [0.25, 0.3) is 0 Å². The molecule has 2 nitrogen and oxygen atoms in total. The smallest absolute Gasteiger partial charge is 0.267 e. The van der Waals surface area contributed by atoms with E-state index in [1.165, 1.54) is 18.2 Å². The van der Waals surface area contributed by atoms with Crippen molar-refractivity contribution in [2.45, 2.75) is 50.6 Å². The lowest BCUT2D eigenvalue weighted by molar-refractivity contribution is -0.154. The molecular formula is C22H29F2NO. The van der Waals surface area contributed by atoms with Crippen molar-refractivity contribution in [1.29, 1.82) is 0 Å². The minimum atomic E-state index is -2.43. The van der Waals surface area contributed by atoms with Crippen molar-refractivity contribution in [3.63, 3.8) is 0 Å². The van der Waals surface area contributed by atoms with Gasteiger partial charge in [-0.15, -0.1) is 0 Å². The van der Waals surface area contributed by atoms with Gasteiger partial charge in [0.25, 0.3) is 6.43 Å². The monoisotopic (exact) mass is 361 g/mol. The molecule has 4 heteroatoms. The van der Waals surface area contributed by atoms with Crippen molar-refractivity contribution in [3.05, 3.63) is 71.8 Å². The molecule has 0 atom stereocenters. The van der Waals surface area contributed by atoms with E-state index < -0.39 is 12.0 Å². The minimum absolute atomic E-state index is 0. The molecule has 2 aromatic carbocycles. The Labute approximate surface area is 155 Å². The third-order valence-electron chi connectivity index (χ3n) is 5.81. The largest absolute Gasteiger partial charge is 0.372 e. The van der Waals surface area contributed by atoms with E-state index >= 15 is 0 Å². The Hall–Kier alpha value is -1.78. The minimum Gasteiger partial charge on any atom is -0.372 e. The van der Waals surface area contributed by atoms with Crippen molar-refractivity contribution in [3.8, 4) is 0 Å². The molecule has 142 valence electrons. The molecule has 0 aliphatic heterocycles. The van der Waals surface area contributed by atoms with E-state index in [0.717, 1.165) is 25.7 Å². The molecule has 0 heterocycles. The zero-order valence-electron chi connectivity index (χ0n) is 15.5. The van der Waals surface area contributed by atoms with Crippen molar-refractivity contribution in [2.24, 2.45) is 5.41 Å². The highest BCUT2D eigenvalue weighted by Gasteiger charge is 2.48. The molecule has 3 rings (SSSR count). The molecule has 1 aliphatic rings. The zero-order chi connectivity index (χ0) is 17.8. The van der Waals surface area contributed by atoms with Crippen LogP contribution < -0.4 is 6.15 Å². The van der Waals surface area contributed by atoms with E-state index in [-0.39, 0.29) is 11.6 Å². The Bertz CT molecular complexity index is 609. The van der Waals surface area contributed by atoms with Gasteiger partial charge in [0.05, 0.1) is 0 Å². The van der Waals surface area contributed by atoms with Gasteiger partial charge >= 0.3 is 0 Å². The summed E-state index contributed by atoms with van der Waals surface area (Å²) in [4.78, 5) is 0. The molecule has 3 N–H and O–H groups in total. The molecule has 1 fully saturated rings. The van der Waals surface area contributed by atoms with Crippen LogP contribution >= 0.6 is 0 Å². The second-order valence-electron chi connectivity index (χ2n) is 7.39. The maximum absolute atomic E-state index is 13.6. The third kappa shape index (κ3) is 4.49. The second kappa shape index (κ2) is 8.74. The van der Waals surface area contributed by atoms with E-state index in [4.69, 9.17) is 4.74 Å². The molecule has 0 amide bonds. The topological polar surface area (TPSA) is 44.2 Å². The lowest BCUT2D eigenvalue weighted by Gasteiger charge is -2.46. The third-order valence-corrected chi connectivity index (χ3v) is 5.81. The SMILES string of the molecule is COC1(C(F)F)CCC(Cc2ccccc2)(Cc2ccccc2)CC1.N. The molecular weight excluding hydrogens is 332 g/mol. The first kappa shape index (κ1) is 20.5. The van der Waals surface area contributed by atoms with Crippen LogP contribution in [0.2, 0.25) is 0 Å². The summed E-state index contributed by atoms with van der Waals surface area (Å²) in [6, 6.07) is 20.8. The summed E-state index contributed by atoms with van der Waals surface area (Å²) in [6.45, 7) is 0. The predicted molar refractivity (Wildman–Crippen MR) is 102 cm³/mol. The first-order valence-electron chi connectivity index (χ1n) is 8.99. The van der Waals surface area contributed by atoms with Gasteiger partial charge in [-0.25, -0.2) is 8.78 Å². The molecule has 26 heavy (non-hydrogen) atoms. The maximum atomic E-state index is 13.6. The summed E-state index contributed by atoms with van der Waals surface area (Å²) in [6.07, 6.45) is 1.77. The van der Waals surface area contributed by atoms with Crippen molar-refractivity contribution < 1.29 is 13.5 Å². The lowest BCUT2D eigenvalue weighted by atomic mass is 9.63. The molecule has 0 bridgehead atoms. The number of rotatable bonds is 6. The maximum Gasteiger partial charge on any atom is 0.267 e. The van der Waals surface area contributed by atoms with Crippen LogP contribution in [-0.4, -0.2) is 19.1 Å². The van der Waals surface area contributed by atoms with Crippen LogP contribution in [0, 0.1) is 5.41 Å². The molecule has 1 saturated carbocycles. The van der Waals surface area contributed by atoms with Gasteiger partial charge in [-0.05, 0) is 55.1 Å². The Morgan fingerprint density at radius 3 is 1.58 bits per heavy atom. The van der Waals surface area contributed by atoms with E-state index in [1.54, 1.807) is 0 Å². The predicted octanol–water partition coefficient (Wildman–Crippen LogP) is 5.84. The van der Waals surface area contributed by atoms with Gasteiger partial charge in [0.1, 0.15) is 5.60 Å². The van der Waals surface area contributed by atoms with E-state index in [0.29, 0.717) is 12.8 Å². The van der Waals surface area contributed by atoms with Gasteiger partial charge in [0.2, 0.25) is 0 Å². The number of methoxy groups -OCH3 is 1. The van der Waals surface area contributed by atoms with Crippen LogP contribution in [0.5, 0.6) is 0 Å². The van der Waals surface area contributed by atoms with Crippen LogP contribution in [0.1, 0.15) is 36.8 Å². The van der Waals surface area contributed by atoms with Crippen molar-refractivity contribution >= 4 is 0 Å². The molecule has 2 aromatic rings. The normalized spacial score (nSPS) is 18.3. The Kier molecular flexibility index (Phi) is 6.90. The number of benzene rings is 2. The van der Waals surface area contributed by atoms with Crippen LogP contribution in [-0.2, 0) is 17.6 Å². The summed E-state index contributed by atoms with van der Waals surface area (Å²) < 4.78 is 32.4. The fourth-order valence-corrected chi connectivity index (χ4v) is 4.19. The zero-order valence-corrected chi connectivity index (χ0v) is 15.5. The summed E-state index contributed by atoms with van der Waals surface area (Å²) in [5.74, 6) is 0. The molecule has 0 saturated heterocycles. The van der Waals surface area contributed by atoms with Gasteiger partial charge in [0.15, 0.2) is 0 Å². The summed E-state index contributed by atoms with van der Waals surface area (Å²) in [5.41, 5.74) is 1.30. The van der Waals surface area contributed by atoms with Crippen LogP contribution in [0.4, 0.5) is 8.78 Å². The Balaban J connectivity index is 0.00000243. The average Bonchev–Trinajstić information content (AvgIpc) is 2.64. The van der Waals surface area contributed by atoms with Gasteiger partial charge < -0.3 is 10.9 Å². The fourth-order valence-electron chi connectivity index (χ4n) is 4.19. The van der Waals surface area contributed by atoms with Crippen molar-refractivity contribution in [1.82, 2.24) is 6.15 Å². The number of alkyl halides is 2. The number of hydrogen-bond acceptors (Lipinski definition) is 2. The molecule has 0 aromatic heterocycles. The first-order chi connectivity index (χ1) is 12.1. The highest BCUT2D eigenvalue weighted by Crippen LogP contribution is 2.48. The first-order valence-corrected chi connectivity index (χ1v) is 8.99. The highest BCUT2D eigenvalue weighted by atomic mass is 19.3. The van der Waals surface area contributed by atoms with Gasteiger partial charge in [-0.1, -0.05) is 60.7 Å². The number of halogens is 2. The molecule has 0 spiro atoms. The summed E-state index contributed by atoms with van der Waals surface area (Å²) >= 11 is 0. The quantitative estimate of drug-likeness (QED) is 0.702. The Morgan fingerprint density at radius 2 is 1.23 bits per heavy atom. The van der Waals surface area contributed by atoms with Crippen LogP contribution in [0.15, 0.2) is 60.7 Å². The average molecular weight is 361 g/mol. The Morgan fingerprint density at radius 1 is 0.808 bits per heavy atom. The van der Waals surface area contributed by atoms with Gasteiger partial charge in [-0.3, -0.25) is 0 Å². The van der Waals surface area contributed by atoms with E-state index in [2.05, 4.69) is 24.3 Å². The van der Waals surface area contributed by atoms with Crippen molar-refractivity contribution in [2.75, 3.05) is 7.11 Å². The lowest BCUT2D eigenvalue weighted by Crippen LogP contribution is -2.47.